The van der Waals surface area contributed by atoms with Crippen molar-refractivity contribution in [3.8, 4) is 16.2 Å². The third kappa shape index (κ3) is 4.02. The largest absolute Gasteiger partial charge is 0.477 e. The highest BCUT2D eigenvalue weighted by molar-refractivity contribution is 7.13. The number of nitrogens with one attached hydrogen (secondary N) is 1. The molecule has 0 saturated carbocycles. The molecule has 0 aliphatic carbocycles. The number of nitro benzene ring substituents is 1. The molecule has 0 saturated heterocycles. The van der Waals surface area contributed by atoms with Crippen LogP contribution in [0.2, 0.25) is 0 Å². The van der Waals surface area contributed by atoms with E-state index in [1.165, 1.54) is 12.1 Å². The Hall–Kier alpha value is -3.19. The Balaban J connectivity index is 1.70. The molecule has 1 N–H and O–H groups in total. The number of hydrogen-bond donors (Lipinski definition) is 1. The summed E-state index contributed by atoms with van der Waals surface area (Å²) in [7, 11) is 0. The van der Waals surface area contributed by atoms with Gasteiger partial charge in [0.15, 0.2) is 12.4 Å². The third-order valence-electron chi connectivity index (χ3n) is 3.41. The van der Waals surface area contributed by atoms with E-state index in [-0.39, 0.29) is 24.0 Å². The summed E-state index contributed by atoms with van der Waals surface area (Å²) in [4.78, 5) is 23.6. The smallest absolute Gasteiger partial charge is 0.310 e. The fourth-order valence-electron chi connectivity index (χ4n) is 2.30. The zero-order chi connectivity index (χ0) is 17.6. The van der Waals surface area contributed by atoms with E-state index in [4.69, 9.17) is 4.74 Å². The molecule has 0 aliphatic heterocycles. The van der Waals surface area contributed by atoms with Crippen molar-refractivity contribution in [2.75, 3.05) is 11.9 Å². The first kappa shape index (κ1) is 16.7. The van der Waals surface area contributed by atoms with Gasteiger partial charge in [-0.1, -0.05) is 36.4 Å². The Labute approximate surface area is 147 Å². The summed E-state index contributed by atoms with van der Waals surface area (Å²) in [5.74, 6) is -0.323. The molecule has 6 nitrogen and oxygen atoms in total. The van der Waals surface area contributed by atoms with Gasteiger partial charge < -0.3 is 10.1 Å². The maximum atomic E-state index is 12.2. The lowest BCUT2D eigenvalue weighted by Gasteiger charge is -2.11. The molecule has 2 aromatic carbocycles. The van der Waals surface area contributed by atoms with Gasteiger partial charge in [-0.05, 0) is 23.6 Å². The molecule has 0 fully saturated rings. The van der Waals surface area contributed by atoms with Gasteiger partial charge in [0, 0.05) is 22.2 Å². The summed E-state index contributed by atoms with van der Waals surface area (Å²) < 4.78 is 5.31. The number of amides is 1. The predicted molar refractivity (Wildman–Crippen MR) is 97.0 cm³/mol. The third-order valence-corrected chi connectivity index (χ3v) is 4.31. The fourth-order valence-corrected chi connectivity index (χ4v) is 3.06. The first-order valence-corrected chi connectivity index (χ1v) is 8.32. The summed E-state index contributed by atoms with van der Waals surface area (Å²) in [6.07, 6.45) is 0. The number of ether oxygens (including phenoxy) is 1. The van der Waals surface area contributed by atoms with E-state index in [1.54, 1.807) is 29.5 Å². The Morgan fingerprint density at radius 3 is 2.60 bits per heavy atom. The Kier molecular flexibility index (Phi) is 5.06. The van der Waals surface area contributed by atoms with Crippen molar-refractivity contribution in [3.63, 3.8) is 0 Å². The number of carbonyl (C=O) groups is 1. The molecule has 0 unspecified atom stereocenters. The minimum Gasteiger partial charge on any atom is -0.477 e. The zero-order valence-electron chi connectivity index (χ0n) is 13.0. The van der Waals surface area contributed by atoms with Crippen molar-refractivity contribution in [2.45, 2.75) is 0 Å². The van der Waals surface area contributed by atoms with E-state index >= 15 is 0 Å². The van der Waals surface area contributed by atoms with Crippen molar-refractivity contribution < 1.29 is 14.5 Å². The number of thiophene rings is 1. The lowest BCUT2D eigenvalue weighted by molar-refractivity contribution is -0.385. The molecule has 25 heavy (non-hydrogen) atoms. The van der Waals surface area contributed by atoms with Gasteiger partial charge in [-0.3, -0.25) is 14.9 Å². The number of nitrogens with zero attached hydrogens (tertiary/aromatic N) is 1. The summed E-state index contributed by atoms with van der Waals surface area (Å²) in [6, 6.07) is 17.3. The second-order valence-electron chi connectivity index (χ2n) is 5.08. The Morgan fingerprint density at radius 1 is 1.08 bits per heavy atom. The maximum absolute atomic E-state index is 12.2. The van der Waals surface area contributed by atoms with Crippen LogP contribution in [0.25, 0.3) is 10.4 Å². The molecule has 7 heteroatoms. The molecule has 1 amide bonds. The van der Waals surface area contributed by atoms with Gasteiger partial charge >= 0.3 is 5.69 Å². The molecule has 3 rings (SSSR count). The van der Waals surface area contributed by atoms with Gasteiger partial charge in [0.1, 0.15) is 0 Å². The minimum absolute atomic E-state index is 0.0641. The van der Waals surface area contributed by atoms with E-state index in [0.29, 0.717) is 5.69 Å². The maximum Gasteiger partial charge on any atom is 0.310 e. The van der Waals surface area contributed by atoms with Crippen LogP contribution in [-0.4, -0.2) is 17.4 Å². The van der Waals surface area contributed by atoms with E-state index in [1.807, 2.05) is 35.7 Å². The summed E-state index contributed by atoms with van der Waals surface area (Å²) in [5, 5.41) is 15.7. The summed E-state index contributed by atoms with van der Waals surface area (Å²) >= 11 is 1.58. The minimum atomic E-state index is -0.542. The van der Waals surface area contributed by atoms with E-state index in [2.05, 4.69) is 5.32 Å². The predicted octanol–water partition coefficient (Wildman–Crippen LogP) is 4.34. The standard InChI is InChI=1S/C18H14N2O4S/c21-18(12-24-16-9-4-3-8-15(16)20(22)23)19-14-7-2-1-6-13(14)17-10-5-11-25-17/h1-11H,12H2,(H,19,21). The molecule has 0 spiro atoms. The molecule has 0 bridgehead atoms. The van der Waals surface area contributed by atoms with Crippen molar-refractivity contribution in [1.82, 2.24) is 0 Å². The highest BCUT2D eigenvalue weighted by atomic mass is 32.1. The number of hydrogen-bond acceptors (Lipinski definition) is 5. The van der Waals surface area contributed by atoms with Crippen LogP contribution < -0.4 is 10.1 Å². The number of carbonyl (C=O) groups excluding carboxylic acids is 1. The second kappa shape index (κ2) is 7.59. The molecule has 126 valence electrons. The molecule has 0 radical (unpaired) electrons. The fraction of sp³-hybridized carbons (Fsp3) is 0.0556. The van der Waals surface area contributed by atoms with Crippen molar-refractivity contribution in [2.24, 2.45) is 0 Å². The van der Waals surface area contributed by atoms with Gasteiger partial charge in [0.25, 0.3) is 5.91 Å². The molecule has 0 aliphatic rings. The van der Waals surface area contributed by atoms with Crippen LogP contribution in [0, 0.1) is 10.1 Å². The molecular formula is C18H14N2O4S. The number of nitro groups is 1. The van der Waals surface area contributed by atoms with Crippen LogP contribution in [0.3, 0.4) is 0 Å². The molecular weight excluding hydrogens is 340 g/mol. The first-order valence-electron chi connectivity index (χ1n) is 7.44. The highest BCUT2D eigenvalue weighted by Crippen LogP contribution is 2.31. The van der Waals surface area contributed by atoms with Crippen LogP contribution in [0.5, 0.6) is 5.75 Å². The lowest BCUT2D eigenvalue weighted by Crippen LogP contribution is -2.20. The first-order chi connectivity index (χ1) is 12.1. The average molecular weight is 354 g/mol. The summed E-state index contributed by atoms with van der Waals surface area (Å²) in [5.41, 5.74) is 1.41. The topological polar surface area (TPSA) is 81.5 Å². The SMILES string of the molecule is O=C(COc1ccccc1[N+](=O)[O-])Nc1ccccc1-c1cccs1. The van der Waals surface area contributed by atoms with E-state index < -0.39 is 4.92 Å². The Morgan fingerprint density at radius 2 is 1.84 bits per heavy atom. The lowest BCUT2D eigenvalue weighted by atomic mass is 10.1. The van der Waals surface area contributed by atoms with Gasteiger partial charge in [0.05, 0.1) is 4.92 Å². The molecule has 0 atom stereocenters. The van der Waals surface area contributed by atoms with Crippen LogP contribution in [0.1, 0.15) is 0 Å². The molecule has 3 aromatic rings. The monoisotopic (exact) mass is 354 g/mol. The van der Waals surface area contributed by atoms with Crippen LogP contribution in [0.4, 0.5) is 11.4 Å². The number of para-hydroxylation sites is 3. The van der Waals surface area contributed by atoms with Gasteiger partial charge in [0.2, 0.25) is 0 Å². The quantitative estimate of drug-likeness (QED) is 0.527. The number of anilines is 1. The summed E-state index contributed by atoms with van der Waals surface area (Å²) in [6.45, 7) is -0.316. The van der Waals surface area contributed by atoms with Crippen molar-refractivity contribution in [3.05, 3.63) is 76.2 Å². The van der Waals surface area contributed by atoms with Gasteiger partial charge in [-0.2, -0.15) is 0 Å². The van der Waals surface area contributed by atoms with Crippen LogP contribution >= 0.6 is 11.3 Å². The molecule has 1 heterocycles. The normalized spacial score (nSPS) is 10.2. The van der Waals surface area contributed by atoms with Crippen molar-refractivity contribution in [1.29, 1.82) is 0 Å². The average Bonchev–Trinajstić information content (AvgIpc) is 3.15. The van der Waals surface area contributed by atoms with Crippen LogP contribution in [-0.2, 0) is 4.79 Å². The van der Waals surface area contributed by atoms with Gasteiger partial charge in [-0.25, -0.2) is 0 Å². The van der Waals surface area contributed by atoms with Gasteiger partial charge in [-0.15, -0.1) is 11.3 Å². The molecule has 1 aromatic heterocycles. The Bertz CT molecular complexity index is 894. The van der Waals surface area contributed by atoms with Crippen LogP contribution in [0.15, 0.2) is 66.0 Å². The highest BCUT2D eigenvalue weighted by Gasteiger charge is 2.15. The number of benzene rings is 2. The van der Waals surface area contributed by atoms with E-state index in [9.17, 15) is 14.9 Å². The number of rotatable bonds is 6. The second-order valence-corrected chi connectivity index (χ2v) is 6.03. The van der Waals surface area contributed by atoms with E-state index in [0.717, 1.165) is 10.4 Å². The van der Waals surface area contributed by atoms with Crippen molar-refractivity contribution >= 4 is 28.6 Å². The zero-order valence-corrected chi connectivity index (χ0v) is 13.9.